The number of nitrogens with zero attached hydrogens (tertiary/aromatic N) is 3. The third-order valence-electron chi connectivity index (χ3n) is 6.52. The topological polar surface area (TPSA) is 87.6 Å². The molecule has 0 aliphatic carbocycles. The quantitative estimate of drug-likeness (QED) is 0.390. The number of rotatable bonds is 7. The number of benzene rings is 2. The average Bonchev–Trinajstić information content (AvgIpc) is 3.01. The first kappa shape index (κ1) is 24.7. The smallest absolute Gasteiger partial charge is 0.295 e. The van der Waals surface area contributed by atoms with E-state index in [1.807, 2.05) is 32.9 Å². The maximum Gasteiger partial charge on any atom is 0.295 e. The van der Waals surface area contributed by atoms with Crippen LogP contribution in [0.1, 0.15) is 42.3 Å². The number of aryl methyl sites for hydroxylation is 1. The SMILES string of the molecule is Cc1nnc(N[C@H](C)c2cccc(C(F)(F)CO)c2)c2cc3c(cc12)C(C)(COI)C(=O)N3C. The highest BCUT2D eigenvalue weighted by atomic mass is 127. The van der Waals surface area contributed by atoms with E-state index < -0.39 is 17.9 Å². The monoisotopic (exact) mass is 582 g/mol. The molecule has 2 aromatic carbocycles. The van der Waals surface area contributed by atoms with Crippen molar-refractivity contribution in [1.29, 1.82) is 0 Å². The summed E-state index contributed by atoms with van der Waals surface area (Å²) in [5, 5.41) is 22.5. The van der Waals surface area contributed by atoms with E-state index >= 15 is 0 Å². The molecular weight excluding hydrogens is 557 g/mol. The van der Waals surface area contributed by atoms with Crippen molar-refractivity contribution in [3.63, 3.8) is 0 Å². The van der Waals surface area contributed by atoms with Crippen LogP contribution in [-0.2, 0) is 19.2 Å². The van der Waals surface area contributed by atoms with Crippen LogP contribution in [0.5, 0.6) is 0 Å². The van der Waals surface area contributed by atoms with Crippen molar-refractivity contribution in [3.8, 4) is 0 Å². The molecular formula is C24H25F2IN4O3. The molecule has 1 amide bonds. The van der Waals surface area contributed by atoms with Crippen molar-refractivity contribution in [2.75, 3.05) is 30.5 Å². The van der Waals surface area contributed by atoms with Crippen LogP contribution in [0.2, 0.25) is 0 Å². The van der Waals surface area contributed by atoms with E-state index in [-0.39, 0.29) is 24.1 Å². The summed E-state index contributed by atoms with van der Waals surface area (Å²) in [7, 11) is 1.73. The molecule has 0 bridgehead atoms. The van der Waals surface area contributed by atoms with Crippen molar-refractivity contribution in [3.05, 3.63) is 58.8 Å². The van der Waals surface area contributed by atoms with E-state index in [1.54, 1.807) is 41.0 Å². The number of carbonyl (C=O) groups is 1. The zero-order chi connectivity index (χ0) is 24.8. The summed E-state index contributed by atoms with van der Waals surface area (Å²) >= 11 is 1.80. The molecule has 2 atom stereocenters. The second-order valence-electron chi connectivity index (χ2n) is 8.85. The fraction of sp³-hybridized carbons (Fsp3) is 0.375. The van der Waals surface area contributed by atoms with Gasteiger partial charge in [-0.15, -0.1) is 5.10 Å². The predicted molar refractivity (Wildman–Crippen MR) is 134 cm³/mol. The van der Waals surface area contributed by atoms with E-state index in [0.717, 1.165) is 22.0 Å². The first-order valence-electron chi connectivity index (χ1n) is 10.7. The molecule has 1 aliphatic heterocycles. The van der Waals surface area contributed by atoms with Gasteiger partial charge in [-0.1, -0.05) is 18.2 Å². The number of nitrogens with one attached hydrogen (secondary N) is 1. The number of alkyl halides is 2. The summed E-state index contributed by atoms with van der Waals surface area (Å²) in [6.45, 7) is 4.53. The van der Waals surface area contributed by atoms with Gasteiger partial charge in [0.25, 0.3) is 5.92 Å². The molecule has 3 aromatic rings. The van der Waals surface area contributed by atoms with Gasteiger partial charge in [-0.25, -0.2) is 0 Å². The zero-order valence-electron chi connectivity index (χ0n) is 19.2. The van der Waals surface area contributed by atoms with E-state index in [2.05, 4.69) is 15.5 Å². The lowest BCUT2D eigenvalue weighted by atomic mass is 9.83. The van der Waals surface area contributed by atoms with Crippen LogP contribution in [0.15, 0.2) is 36.4 Å². The Labute approximate surface area is 210 Å². The Morgan fingerprint density at radius 1 is 1.26 bits per heavy atom. The lowest BCUT2D eigenvalue weighted by molar-refractivity contribution is -0.123. The summed E-state index contributed by atoms with van der Waals surface area (Å²) in [6.07, 6.45) is 0. The molecule has 2 heterocycles. The fourth-order valence-corrected chi connectivity index (χ4v) is 5.02. The van der Waals surface area contributed by atoms with Crippen LogP contribution in [0, 0.1) is 6.92 Å². The number of likely N-dealkylation sites (N-methyl/N-ethyl adjacent to an activating group) is 1. The van der Waals surface area contributed by atoms with Gasteiger partial charge in [0.05, 0.1) is 23.8 Å². The minimum Gasteiger partial charge on any atom is -0.390 e. The molecule has 0 saturated heterocycles. The number of fused-ring (bicyclic) bond motifs is 2. The van der Waals surface area contributed by atoms with Gasteiger partial charge in [-0.3, -0.25) is 4.79 Å². The van der Waals surface area contributed by atoms with Crippen LogP contribution < -0.4 is 10.2 Å². The number of carbonyl (C=O) groups excluding carboxylic acids is 1. The highest BCUT2D eigenvalue weighted by molar-refractivity contribution is 14.1. The van der Waals surface area contributed by atoms with Gasteiger partial charge >= 0.3 is 0 Å². The van der Waals surface area contributed by atoms with Crippen molar-refractivity contribution >= 4 is 51.2 Å². The number of amides is 1. The molecule has 10 heteroatoms. The number of aromatic nitrogens is 2. The molecule has 0 fully saturated rings. The first-order valence-corrected chi connectivity index (χ1v) is 11.6. The number of anilines is 2. The van der Waals surface area contributed by atoms with Gasteiger partial charge in [0.15, 0.2) is 5.82 Å². The Kier molecular flexibility index (Phi) is 6.51. The van der Waals surface area contributed by atoms with Crippen LogP contribution in [-0.4, -0.2) is 41.5 Å². The second kappa shape index (κ2) is 8.97. The average molecular weight is 582 g/mol. The number of halogens is 3. The molecule has 1 aromatic heterocycles. The zero-order valence-corrected chi connectivity index (χ0v) is 21.4. The Bertz CT molecular complexity index is 1270. The summed E-state index contributed by atoms with van der Waals surface area (Å²) in [5.74, 6) is -2.90. The largest absolute Gasteiger partial charge is 0.390 e. The molecule has 7 nitrogen and oxygen atoms in total. The normalized spacial score (nSPS) is 18.9. The molecule has 34 heavy (non-hydrogen) atoms. The van der Waals surface area contributed by atoms with Crippen molar-refractivity contribution < 1.29 is 21.7 Å². The minimum absolute atomic E-state index is 0.0578. The highest BCUT2D eigenvalue weighted by Crippen LogP contribution is 2.45. The van der Waals surface area contributed by atoms with Gasteiger partial charge in [0.1, 0.15) is 29.6 Å². The van der Waals surface area contributed by atoms with Crippen LogP contribution in [0.4, 0.5) is 20.3 Å². The van der Waals surface area contributed by atoms with E-state index in [0.29, 0.717) is 17.1 Å². The molecule has 1 aliphatic rings. The molecule has 0 saturated carbocycles. The molecule has 180 valence electrons. The number of hydrogen-bond acceptors (Lipinski definition) is 6. The maximum absolute atomic E-state index is 14.0. The summed E-state index contributed by atoms with van der Waals surface area (Å²) < 4.78 is 33.3. The minimum atomic E-state index is -3.32. The molecule has 0 spiro atoms. The van der Waals surface area contributed by atoms with Crippen LogP contribution in [0.25, 0.3) is 10.8 Å². The van der Waals surface area contributed by atoms with Gasteiger partial charge in [-0.2, -0.15) is 13.9 Å². The van der Waals surface area contributed by atoms with Gasteiger partial charge in [0, 0.05) is 29.1 Å². The molecule has 2 N–H and O–H groups in total. The molecule has 1 unspecified atom stereocenters. The Morgan fingerprint density at radius 3 is 2.68 bits per heavy atom. The fourth-order valence-electron chi connectivity index (χ4n) is 4.40. The number of aliphatic hydroxyl groups is 1. The van der Waals surface area contributed by atoms with Crippen molar-refractivity contribution in [1.82, 2.24) is 10.2 Å². The predicted octanol–water partition coefficient (Wildman–Crippen LogP) is 4.80. The van der Waals surface area contributed by atoms with E-state index in [1.165, 1.54) is 18.2 Å². The Hall–Kier alpha value is -2.44. The number of hydrogen-bond donors (Lipinski definition) is 2. The first-order chi connectivity index (χ1) is 16.0. The van der Waals surface area contributed by atoms with E-state index in [4.69, 9.17) is 8.17 Å². The van der Waals surface area contributed by atoms with E-state index in [9.17, 15) is 13.6 Å². The van der Waals surface area contributed by atoms with Crippen molar-refractivity contribution in [2.45, 2.75) is 38.2 Å². The third kappa shape index (κ3) is 4.01. The second-order valence-corrected chi connectivity index (χ2v) is 9.48. The third-order valence-corrected chi connectivity index (χ3v) is 6.83. The number of aliphatic hydroxyl groups excluding tert-OH is 1. The van der Waals surface area contributed by atoms with Gasteiger partial charge < -0.3 is 18.4 Å². The van der Waals surface area contributed by atoms with Gasteiger partial charge in [-0.05, 0) is 50.1 Å². The lowest BCUT2D eigenvalue weighted by Gasteiger charge is -2.22. The summed E-state index contributed by atoms with van der Waals surface area (Å²) in [6, 6.07) is 9.43. The Balaban J connectivity index is 1.77. The summed E-state index contributed by atoms with van der Waals surface area (Å²) in [4.78, 5) is 14.7. The maximum atomic E-state index is 14.0. The molecule has 0 radical (unpaired) electrons. The van der Waals surface area contributed by atoms with Gasteiger partial charge in [0.2, 0.25) is 5.91 Å². The summed E-state index contributed by atoms with van der Waals surface area (Å²) in [5.41, 5.74) is 1.88. The van der Waals surface area contributed by atoms with Crippen LogP contribution in [0.3, 0.4) is 0 Å². The Morgan fingerprint density at radius 2 is 2.00 bits per heavy atom. The van der Waals surface area contributed by atoms with Crippen LogP contribution >= 0.6 is 23.0 Å². The molecule has 4 rings (SSSR count). The standard InChI is InChI=1S/C24H25F2IN4O3/c1-13(15-6-5-7-16(8-15)24(25,26)11-32)28-21-18-10-20-19(9-17(18)14(2)29-30-21)23(3,12-34-27)22(33)31(20)4/h5-10,13,32H,11-12H2,1-4H3,(H,28,30)/t13-,23?/m1/s1. The van der Waals surface area contributed by atoms with Crippen molar-refractivity contribution in [2.24, 2.45) is 0 Å². The lowest BCUT2D eigenvalue weighted by Crippen LogP contribution is -2.39. The highest BCUT2D eigenvalue weighted by Gasteiger charge is 2.46.